The van der Waals surface area contributed by atoms with Gasteiger partial charge in [-0.3, -0.25) is 4.79 Å². The number of nitrogens with one attached hydrogen (secondary N) is 2. The second kappa shape index (κ2) is 9.30. The molecule has 7 heteroatoms. The van der Waals surface area contributed by atoms with Gasteiger partial charge in [-0.15, -0.1) is 5.10 Å². The maximum Gasteiger partial charge on any atom is 0.226 e. The number of rotatable bonds is 7. The van der Waals surface area contributed by atoms with Gasteiger partial charge in [-0.05, 0) is 49.1 Å². The first kappa shape index (κ1) is 19.9. The Morgan fingerprint density at radius 1 is 1.27 bits per heavy atom. The van der Waals surface area contributed by atoms with Crippen molar-refractivity contribution in [3.05, 3.63) is 45.1 Å². The Kier molecular flexibility index (Phi) is 7.10. The fourth-order valence-corrected chi connectivity index (χ4v) is 3.17. The summed E-state index contributed by atoms with van der Waals surface area (Å²) in [5.41, 5.74) is 4.06. The largest absolute Gasteiger partial charge is 0.367 e. The summed E-state index contributed by atoms with van der Waals surface area (Å²) in [7, 11) is 0. The van der Waals surface area contributed by atoms with Crippen molar-refractivity contribution in [3.63, 3.8) is 0 Å². The zero-order valence-electron chi connectivity index (χ0n) is 15.2. The standard InChI is InChI=1S/C19H22BrN5O/c1-4-14-15(11-21)19(25-24-16(14)5-2)22-9-8-18(26)23-17-7-6-13(20)10-12(17)3/h6-7,10H,4-5,8-9H2,1-3H3,(H,22,25)(H,23,26). The smallest absolute Gasteiger partial charge is 0.226 e. The predicted molar refractivity (Wildman–Crippen MR) is 106 cm³/mol. The molecule has 0 aliphatic carbocycles. The molecule has 0 fully saturated rings. The average molecular weight is 416 g/mol. The van der Waals surface area contributed by atoms with Crippen LogP contribution in [0.25, 0.3) is 0 Å². The van der Waals surface area contributed by atoms with Crippen LogP contribution in [0.4, 0.5) is 11.5 Å². The normalized spacial score (nSPS) is 10.3. The summed E-state index contributed by atoms with van der Waals surface area (Å²) < 4.78 is 0.972. The SMILES string of the molecule is CCc1nnc(NCCC(=O)Nc2ccc(Br)cc2C)c(C#N)c1CC. The van der Waals surface area contributed by atoms with E-state index < -0.39 is 0 Å². The van der Waals surface area contributed by atoms with Crippen LogP contribution in [0.2, 0.25) is 0 Å². The summed E-state index contributed by atoms with van der Waals surface area (Å²) in [5.74, 6) is 0.337. The van der Waals surface area contributed by atoms with Gasteiger partial charge >= 0.3 is 0 Å². The number of amides is 1. The molecular weight excluding hydrogens is 394 g/mol. The minimum absolute atomic E-state index is 0.102. The van der Waals surface area contributed by atoms with Gasteiger partial charge in [0.05, 0.1) is 5.69 Å². The van der Waals surface area contributed by atoms with E-state index in [-0.39, 0.29) is 12.3 Å². The first-order valence-corrected chi connectivity index (χ1v) is 9.37. The molecule has 6 nitrogen and oxygen atoms in total. The van der Waals surface area contributed by atoms with Gasteiger partial charge in [0.25, 0.3) is 0 Å². The lowest BCUT2D eigenvalue weighted by molar-refractivity contribution is -0.115. The molecule has 0 saturated heterocycles. The zero-order chi connectivity index (χ0) is 19.1. The number of hydrogen-bond donors (Lipinski definition) is 2. The zero-order valence-corrected chi connectivity index (χ0v) is 16.8. The highest BCUT2D eigenvalue weighted by Gasteiger charge is 2.14. The van der Waals surface area contributed by atoms with Crippen molar-refractivity contribution in [2.75, 3.05) is 17.2 Å². The first-order chi connectivity index (χ1) is 12.5. The van der Waals surface area contributed by atoms with Crippen molar-refractivity contribution in [2.24, 2.45) is 0 Å². The van der Waals surface area contributed by atoms with Crippen LogP contribution in [0, 0.1) is 18.3 Å². The quantitative estimate of drug-likeness (QED) is 0.713. The van der Waals surface area contributed by atoms with E-state index >= 15 is 0 Å². The number of carbonyl (C=O) groups excluding carboxylic acids is 1. The van der Waals surface area contributed by atoms with E-state index in [9.17, 15) is 10.1 Å². The molecule has 0 aliphatic rings. The maximum absolute atomic E-state index is 12.2. The van der Waals surface area contributed by atoms with E-state index in [1.165, 1.54) is 0 Å². The molecular formula is C19H22BrN5O. The molecule has 0 atom stereocenters. The molecule has 0 bridgehead atoms. The summed E-state index contributed by atoms with van der Waals surface area (Å²) >= 11 is 3.40. The van der Waals surface area contributed by atoms with Crippen LogP contribution >= 0.6 is 15.9 Å². The molecule has 0 aliphatic heterocycles. The second-order valence-corrected chi connectivity index (χ2v) is 6.77. The van der Waals surface area contributed by atoms with Gasteiger partial charge < -0.3 is 10.6 Å². The Hall–Kier alpha value is -2.46. The Morgan fingerprint density at radius 2 is 2.04 bits per heavy atom. The first-order valence-electron chi connectivity index (χ1n) is 8.58. The number of halogens is 1. The Balaban J connectivity index is 1.99. The fourth-order valence-electron chi connectivity index (χ4n) is 2.69. The monoisotopic (exact) mass is 415 g/mol. The lowest BCUT2D eigenvalue weighted by atomic mass is 10.0. The molecule has 1 aromatic heterocycles. The van der Waals surface area contributed by atoms with Gasteiger partial charge in [-0.2, -0.15) is 10.4 Å². The van der Waals surface area contributed by atoms with E-state index in [0.29, 0.717) is 17.9 Å². The molecule has 2 rings (SSSR count). The molecule has 0 saturated carbocycles. The second-order valence-electron chi connectivity index (χ2n) is 5.85. The summed E-state index contributed by atoms with van der Waals surface area (Å²) in [6.07, 6.45) is 1.72. The molecule has 0 radical (unpaired) electrons. The highest BCUT2D eigenvalue weighted by molar-refractivity contribution is 9.10. The van der Waals surface area contributed by atoms with Gasteiger partial charge in [0, 0.05) is 23.1 Å². The molecule has 26 heavy (non-hydrogen) atoms. The number of hydrogen-bond acceptors (Lipinski definition) is 5. The number of nitrogens with zero attached hydrogens (tertiary/aromatic N) is 3. The molecule has 1 aromatic carbocycles. The number of nitriles is 1. The molecule has 0 spiro atoms. The van der Waals surface area contributed by atoms with Crippen LogP contribution in [-0.2, 0) is 17.6 Å². The number of anilines is 2. The van der Waals surface area contributed by atoms with Crippen LogP contribution < -0.4 is 10.6 Å². The van der Waals surface area contributed by atoms with E-state index in [1.807, 2.05) is 39.0 Å². The Morgan fingerprint density at radius 3 is 2.65 bits per heavy atom. The van der Waals surface area contributed by atoms with Crippen LogP contribution in [-0.4, -0.2) is 22.6 Å². The van der Waals surface area contributed by atoms with Gasteiger partial charge in [0.1, 0.15) is 11.6 Å². The molecule has 1 amide bonds. The van der Waals surface area contributed by atoms with Crippen molar-refractivity contribution < 1.29 is 4.79 Å². The van der Waals surface area contributed by atoms with Crippen molar-refractivity contribution in [1.82, 2.24) is 10.2 Å². The van der Waals surface area contributed by atoms with E-state index in [0.717, 1.165) is 39.8 Å². The van der Waals surface area contributed by atoms with Crippen molar-refractivity contribution in [2.45, 2.75) is 40.0 Å². The summed E-state index contributed by atoms with van der Waals surface area (Å²) in [5, 5.41) is 23.7. The third-order valence-electron chi connectivity index (χ3n) is 4.06. The highest BCUT2D eigenvalue weighted by atomic mass is 79.9. The maximum atomic E-state index is 12.2. The Labute approximate surface area is 162 Å². The third-order valence-corrected chi connectivity index (χ3v) is 4.56. The molecule has 2 N–H and O–H groups in total. The van der Waals surface area contributed by atoms with Crippen molar-refractivity contribution in [3.8, 4) is 6.07 Å². The molecule has 2 aromatic rings. The molecule has 0 unspecified atom stereocenters. The summed E-state index contributed by atoms with van der Waals surface area (Å²) in [6.45, 7) is 6.30. The lowest BCUT2D eigenvalue weighted by Crippen LogP contribution is -2.18. The number of aryl methyl sites for hydroxylation is 2. The minimum atomic E-state index is -0.102. The molecule has 136 valence electrons. The Bertz CT molecular complexity index is 845. The van der Waals surface area contributed by atoms with Gasteiger partial charge in [0.2, 0.25) is 5.91 Å². The number of aromatic nitrogens is 2. The third kappa shape index (κ3) is 4.79. The van der Waals surface area contributed by atoms with Crippen LogP contribution in [0.15, 0.2) is 22.7 Å². The lowest BCUT2D eigenvalue weighted by Gasteiger charge is -2.12. The van der Waals surface area contributed by atoms with Crippen LogP contribution in [0.5, 0.6) is 0 Å². The van der Waals surface area contributed by atoms with Crippen LogP contribution in [0.1, 0.15) is 42.7 Å². The van der Waals surface area contributed by atoms with Gasteiger partial charge in [-0.25, -0.2) is 0 Å². The van der Waals surface area contributed by atoms with Crippen molar-refractivity contribution in [1.29, 1.82) is 5.26 Å². The van der Waals surface area contributed by atoms with Crippen molar-refractivity contribution >= 4 is 33.3 Å². The topological polar surface area (TPSA) is 90.7 Å². The molecule has 1 heterocycles. The van der Waals surface area contributed by atoms with Gasteiger partial charge in [0.15, 0.2) is 5.82 Å². The van der Waals surface area contributed by atoms with Gasteiger partial charge in [-0.1, -0.05) is 29.8 Å². The fraction of sp³-hybridized carbons (Fsp3) is 0.368. The van der Waals surface area contributed by atoms with Crippen LogP contribution in [0.3, 0.4) is 0 Å². The highest BCUT2D eigenvalue weighted by Crippen LogP contribution is 2.21. The minimum Gasteiger partial charge on any atom is -0.367 e. The number of carbonyl (C=O) groups is 1. The summed E-state index contributed by atoms with van der Waals surface area (Å²) in [6, 6.07) is 7.91. The van der Waals surface area contributed by atoms with E-state index in [4.69, 9.17) is 0 Å². The predicted octanol–water partition coefficient (Wildman–Crippen LogP) is 3.98. The summed E-state index contributed by atoms with van der Waals surface area (Å²) in [4.78, 5) is 12.2. The van der Waals surface area contributed by atoms with E-state index in [2.05, 4.69) is 42.8 Å². The average Bonchev–Trinajstić information content (AvgIpc) is 2.63. The van der Waals surface area contributed by atoms with E-state index in [1.54, 1.807) is 0 Å². The number of benzene rings is 1.